The van der Waals surface area contributed by atoms with Crippen molar-refractivity contribution >= 4 is 32.8 Å². The van der Waals surface area contributed by atoms with Gasteiger partial charge < -0.3 is 20.3 Å². The molecule has 2 aromatic carbocycles. The van der Waals surface area contributed by atoms with E-state index >= 15 is 0 Å². The minimum atomic E-state index is -3.61. The van der Waals surface area contributed by atoms with Gasteiger partial charge in [0, 0.05) is 31.2 Å². The summed E-state index contributed by atoms with van der Waals surface area (Å²) in [6.07, 6.45) is 0. The van der Waals surface area contributed by atoms with Crippen molar-refractivity contribution < 1.29 is 13.2 Å². The molecule has 0 aliphatic carbocycles. The van der Waals surface area contributed by atoms with Gasteiger partial charge in [0.25, 0.3) is 0 Å². The number of anilines is 2. The van der Waals surface area contributed by atoms with Gasteiger partial charge in [-0.25, -0.2) is 8.42 Å². The Bertz CT molecular complexity index is 899. The summed E-state index contributed by atoms with van der Waals surface area (Å²) in [6.45, 7) is 3.52. The third-order valence-electron chi connectivity index (χ3n) is 4.62. The molecule has 1 unspecified atom stereocenters. The second-order valence-electron chi connectivity index (χ2n) is 6.33. The Morgan fingerprint density at radius 3 is 2.58 bits per heavy atom. The van der Waals surface area contributed by atoms with Gasteiger partial charge in [-0.1, -0.05) is 29.8 Å². The summed E-state index contributed by atoms with van der Waals surface area (Å²) in [7, 11) is -3.61. The monoisotopic (exact) mass is 393 g/mol. The first-order valence-corrected chi connectivity index (χ1v) is 10.5. The molecule has 2 aromatic rings. The van der Waals surface area contributed by atoms with Gasteiger partial charge in [0.2, 0.25) is 15.3 Å². The highest BCUT2D eigenvalue weighted by Crippen LogP contribution is 2.42. The molecule has 2 N–H and O–H groups in total. The molecule has 0 bridgehead atoms. The van der Waals surface area contributed by atoms with Crippen LogP contribution in [0.2, 0.25) is 5.02 Å². The summed E-state index contributed by atoms with van der Waals surface area (Å²) in [6, 6.07) is 12.0. The molecule has 0 saturated carbocycles. The van der Waals surface area contributed by atoms with E-state index in [1.807, 2.05) is 6.07 Å². The normalized spacial score (nSPS) is 20.0. The van der Waals surface area contributed by atoms with Crippen molar-refractivity contribution in [1.29, 1.82) is 0 Å². The third-order valence-corrected chi connectivity index (χ3v) is 6.72. The number of rotatable bonds is 3. The minimum Gasteiger partial charge on any atom is -0.468 e. The number of ether oxygens (including phenoxy) is 1. The zero-order valence-electron chi connectivity index (χ0n) is 14.1. The molecule has 26 heavy (non-hydrogen) atoms. The van der Waals surface area contributed by atoms with Crippen LogP contribution in [0.25, 0.3) is 0 Å². The maximum Gasteiger partial charge on any atom is 0.220 e. The van der Waals surface area contributed by atoms with Crippen molar-refractivity contribution in [2.24, 2.45) is 0 Å². The van der Waals surface area contributed by atoms with Crippen LogP contribution in [-0.4, -0.2) is 46.6 Å². The topological polar surface area (TPSA) is 70.7 Å². The molecule has 0 aromatic heterocycles. The predicted octanol–water partition coefficient (Wildman–Crippen LogP) is 2.35. The highest BCUT2D eigenvalue weighted by Gasteiger charge is 2.35. The van der Waals surface area contributed by atoms with E-state index in [1.54, 1.807) is 36.4 Å². The molecule has 0 amide bonds. The summed E-state index contributed by atoms with van der Waals surface area (Å²) < 4.78 is 31.9. The van der Waals surface area contributed by atoms with Crippen LogP contribution in [0, 0.1) is 0 Å². The Balaban J connectivity index is 1.70. The van der Waals surface area contributed by atoms with Crippen LogP contribution in [0.5, 0.6) is 5.75 Å². The Kier molecular flexibility index (Phi) is 4.69. The molecule has 2 aliphatic heterocycles. The summed E-state index contributed by atoms with van der Waals surface area (Å²) in [4.78, 5) is 2.42. The third kappa shape index (κ3) is 3.22. The lowest BCUT2D eigenvalue weighted by molar-refractivity contribution is 0.276. The number of hydrogen-bond donors (Lipinski definition) is 2. The number of sulfone groups is 1. The van der Waals surface area contributed by atoms with E-state index in [0.29, 0.717) is 10.8 Å². The second kappa shape index (κ2) is 6.98. The van der Waals surface area contributed by atoms with Crippen LogP contribution < -0.4 is 20.3 Å². The van der Waals surface area contributed by atoms with Crippen LogP contribution in [0.1, 0.15) is 0 Å². The molecular formula is C18H20ClN3O3S. The molecule has 0 radical (unpaired) electrons. The summed E-state index contributed by atoms with van der Waals surface area (Å²) in [5.74, 6) is 0.548. The van der Waals surface area contributed by atoms with Crippen molar-refractivity contribution in [2.75, 3.05) is 42.9 Å². The Labute approximate surface area is 158 Å². The van der Waals surface area contributed by atoms with Crippen molar-refractivity contribution in [3.8, 4) is 5.75 Å². The van der Waals surface area contributed by atoms with Crippen molar-refractivity contribution in [3.05, 3.63) is 47.5 Å². The zero-order chi connectivity index (χ0) is 18.1. The Morgan fingerprint density at radius 2 is 1.85 bits per heavy atom. The van der Waals surface area contributed by atoms with Gasteiger partial charge in [0.15, 0.2) is 5.75 Å². The first-order valence-electron chi connectivity index (χ1n) is 8.54. The van der Waals surface area contributed by atoms with Crippen molar-refractivity contribution in [1.82, 2.24) is 5.32 Å². The maximum absolute atomic E-state index is 12.9. The summed E-state index contributed by atoms with van der Waals surface area (Å²) in [5.41, 5.74) is 0.570. The smallest absolute Gasteiger partial charge is 0.220 e. The van der Waals surface area contributed by atoms with E-state index in [9.17, 15) is 8.42 Å². The van der Waals surface area contributed by atoms with Crippen LogP contribution in [-0.2, 0) is 9.84 Å². The number of nitrogens with one attached hydrogen (secondary N) is 2. The van der Waals surface area contributed by atoms with E-state index in [4.69, 9.17) is 16.3 Å². The van der Waals surface area contributed by atoms with Gasteiger partial charge >= 0.3 is 0 Å². The van der Waals surface area contributed by atoms with Gasteiger partial charge in [-0.15, -0.1) is 0 Å². The van der Waals surface area contributed by atoms with Crippen molar-refractivity contribution in [2.45, 2.75) is 10.3 Å². The van der Waals surface area contributed by atoms with Crippen LogP contribution >= 0.6 is 11.6 Å². The van der Waals surface area contributed by atoms with Crippen molar-refractivity contribution in [3.63, 3.8) is 0 Å². The number of piperazine rings is 1. The summed E-state index contributed by atoms with van der Waals surface area (Å²) >= 11 is 6.27. The minimum absolute atomic E-state index is 0.172. The molecule has 4 rings (SSSR count). The standard InChI is InChI=1S/C18H20ClN3O3S/c19-13-10-15-18(16(11-13)22-8-6-20-7-9-22)25-17(12-21-15)26(23,24)14-4-2-1-3-5-14/h1-5,10-11,17,20-21H,6-9,12H2. The molecule has 2 heterocycles. The SMILES string of the molecule is O=S(=O)(c1ccccc1)C1CNc2cc(Cl)cc(N3CCNCC3)c2O1. The predicted molar refractivity (Wildman–Crippen MR) is 103 cm³/mol. The van der Waals surface area contributed by atoms with Gasteiger partial charge in [0.05, 0.1) is 22.8 Å². The molecule has 138 valence electrons. The van der Waals surface area contributed by atoms with Gasteiger partial charge in [-0.3, -0.25) is 0 Å². The first kappa shape index (κ1) is 17.5. The fraction of sp³-hybridized carbons (Fsp3) is 0.333. The maximum atomic E-state index is 12.9. The number of benzene rings is 2. The van der Waals surface area contributed by atoms with Crippen LogP contribution in [0.3, 0.4) is 0 Å². The van der Waals surface area contributed by atoms with E-state index in [2.05, 4.69) is 15.5 Å². The largest absolute Gasteiger partial charge is 0.468 e. The average Bonchev–Trinajstić information content (AvgIpc) is 2.68. The van der Waals surface area contributed by atoms with Crippen LogP contribution in [0.15, 0.2) is 47.4 Å². The Hall–Kier alpha value is -1.96. The highest BCUT2D eigenvalue weighted by molar-refractivity contribution is 7.92. The quantitative estimate of drug-likeness (QED) is 0.834. The number of halogens is 1. The van der Waals surface area contributed by atoms with E-state index in [1.165, 1.54) is 0 Å². The molecule has 2 aliphatic rings. The van der Waals surface area contributed by atoms with Gasteiger partial charge in [-0.05, 0) is 24.3 Å². The van der Waals surface area contributed by atoms with Gasteiger partial charge in [-0.2, -0.15) is 0 Å². The lowest BCUT2D eigenvalue weighted by Crippen LogP contribution is -2.44. The fourth-order valence-corrected chi connectivity index (χ4v) is 4.85. The first-order chi connectivity index (χ1) is 12.6. The van der Waals surface area contributed by atoms with Gasteiger partial charge in [0.1, 0.15) is 0 Å². The number of hydrogen-bond acceptors (Lipinski definition) is 6. The van der Waals surface area contributed by atoms with E-state index < -0.39 is 15.3 Å². The molecule has 6 nitrogen and oxygen atoms in total. The molecule has 0 spiro atoms. The Morgan fingerprint density at radius 1 is 1.12 bits per heavy atom. The zero-order valence-corrected chi connectivity index (χ0v) is 15.7. The highest BCUT2D eigenvalue weighted by atomic mass is 35.5. The molecule has 1 fully saturated rings. The molecule has 1 saturated heterocycles. The van der Waals surface area contributed by atoms with Crippen LogP contribution in [0.4, 0.5) is 11.4 Å². The fourth-order valence-electron chi connectivity index (χ4n) is 3.28. The second-order valence-corrected chi connectivity index (χ2v) is 8.85. The van der Waals surface area contributed by atoms with E-state index in [-0.39, 0.29) is 11.4 Å². The molecule has 8 heteroatoms. The average molecular weight is 394 g/mol. The number of fused-ring (bicyclic) bond motifs is 1. The van der Waals surface area contributed by atoms with E-state index in [0.717, 1.165) is 37.6 Å². The molecule has 1 atom stereocenters. The lowest BCUT2D eigenvalue weighted by atomic mass is 10.2. The lowest BCUT2D eigenvalue weighted by Gasteiger charge is -2.35. The number of nitrogens with zero attached hydrogens (tertiary/aromatic N) is 1. The summed E-state index contributed by atoms with van der Waals surface area (Å²) in [5, 5.41) is 7.08. The molecular weight excluding hydrogens is 374 g/mol.